The van der Waals surface area contributed by atoms with Gasteiger partial charge in [-0.05, 0) is 12.1 Å². The second kappa shape index (κ2) is 6.43. The molecule has 0 aliphatic carbocycles. The van der Waals surface area contributed by atoms with Gasteiger partial charge in [-0.25, -0.2) is 12.7 Å². The maximum Gasteiger partial charge on any atom is 0.244 e. The Morgan fingerprint density at radius 2 is 2.10 bits per heavy atom. The Kier molecular flexibility index (Phi) is 5.06. The van der Waals surface area contributed by atoms with Crippen LogP contribution < -0.4 is 4.90 Å². The molecule has 1 saturated heterocycles. The first kappa shape index (κ1) is 15.8. The van der Waals surface area contributed by atoms with E-state index in [2.05, 4.69) is 20.8 Å². The highest BCUT2D eigenvalue weighted by molar-refractivity contribution is 9.09. The minimum atomic E-state index is -3.45. The zero-order chi connectivity index (χ0) is 14.8. The maximum absolute atomic E-state index is 12.4. The Morgan fingerprint density at radius 1 is 1.40 bits per heavy atom. The van der Waals surface area contributed by atoms with E-state index in [9.17, 15) is 8.42 Å². The minimum Gasteiger partial charge on any atom is -0.377 e. The summed E-state index contributed by atoms with van der Waals surface area (Å²) in [5, 5.41) is 0.739. The smallest absolute Gasteiger partial charge is 0.244 e. The van der Waals surface area contributed by atoms with Crippen molar-refractivity contribution in [2.75, 3.05) is 44.1 Å². The average molecular weight is 363 g/mol. The Morgan fingerprint density at radius 3 is 2.75 bits per heavy atom. The number of ether oxygens (including phenoxy) is 1. The van der Waals surface area contributed by atoms with Crippen LogP contribution >= 0.6 is 15.9 Å². The molecule has 0 spiro atoms. The molecule has 2 rings (SSSR count). The van der Waals surface area contributed by atoms with Crippen molar-refractivity contribution in [1.29, 1.82) is 0 Å². The third-order valence-corrected chi connectivity index (χ3v) is 5.95. The number of benzene rings is 1. The van der Waals surface area contributed by atoms with E-state index in [1.54, 1.807) is 26.2 Å². The highest BCUT2D eigenvalue weighted by atomic mass is 79.9. The van der Waals surface area contributed by atoms with Gasteiger partial charge in [0.15, 0.2) is 0 Å². The van der Waals surface area contributed by atoms with Gasteiger partial charge in [0.2, 0.25) is 10.0 Å². The zero-order valence-corrected chi connectivity index (χ0v) is 14.0. The van der Waals surface area contributed by atoms with Crippen LogP contribution in [0.5, 0.6) is 0 Å². The largest absolute Gasteiger partial charge is 0.377 e. The number of hydrogen-bond donors (Lipinski definition) is 0. The van der Waals surface area contributed by atoms with Crippen LogP contribution in [0, 0.1) is 0 Å². The van der Waals surface area contributed by atoms with E-state index in [1.165, 1.54) is 4.31 Å². The molecule has 1 aliphatic heterocycles. The molecule has 1 atom stereocenters. The van der Waals surface area contributed by atoms with Crippen LogP contribution in [0.3, 0.4) is 0 Å². The first-order chi connectivity index (χ1) is 9.48. The van der Waals surface area contributed by atoms with Crippen LogP contribution in [0.25, 0.3) is 0 Å². The molecule has 1 heterocycles. The molecule has 0 saturated carbocycles. The van der Waals surface area contributed by atoms with Crippen LogP contribution in [0.15, 0.2) is 29.2 Å². The van der Waals surface area contributed by atoms with E-state index >= 15 is 0 Å². The van der Waals surface area contributed by atoms with E-state index in [-0.39, 0.29) is 6.04 Å². The summed E-state index contributed by atoms with van der Waals surface area (Å²) in [4.78, 5) is 2.45. The monoisotopic (exact) mass is 362 g/mol. The lowest BCUT2D eigenvalue weighted by Gasteiger charge is -2.37. The van der Waals surface area contributed by atoms with Crippen LogP contribution in [0.4, 0.5) is 5.69 Å². The SMILES string of the molecule is CN(C)S(=O)(=O)c1ccccc1N1CCOCC1CBr. The number of alkyl halides is 1. The number of nitrogens with zero attached hydrogens (tertiary/aromatic N) is 2. The fraction of sp³-hybridized carbons (Fsp3) is 0.538. The van der Waals surface area contributed by atoms with Crippen LogP contribution in [-0.4, -0.2) is 57.9 Å². The predicted octanol–water partition coefficient (Wildman–Crippen LogP) is 1.54. The third-order valence-electron chi connectivity index (χ3n) is 3.34. The molecule has 20 heavy (non-hydrogen) atoms. The molecule has 1 aromatic carbocycles. The van der Waals surface area contributed by atoms with Crippen molar-refractivity contribution < 1.29 is 13.2 Å². The molecular weight excluding hydrogens is 344 g/mol. The van der Waals surface area contributed by atoms with Crippen LogP contribution in [0.1, 0.15) is 0 Å². The van der Waals surface area contributed by atoms with Crippen molar-refractivity contribution >= 4 is 31.6 Å². The van der Waals surface area contributed by atoms with Crippen molar-refractivity contribution in [3.05, 3.63) is 24.3 Å². The van der Waals surface area contributed by atoms with Gasteiger partial charge in [-0.3, -0.25) is 0 Å². The highest BCUT2D eigenvalue weighted by Crippen LogP contribution is 2.29. The van der Waals surface area contributed by atoms with Gasteiger partial charge in [-0.1, -0.05) is 28.1 Å². The number of halogens is 1. The van der Waals surface area contributed by atoms with Gasteiger partial charge in [0.05, 0.1) is 24.9 Å². The zero-order valence-electron chi connectivity index (χ0n) is 11.6. The van der Waals surface area contributed by atoms with Gasteiger partial charge < -0.3 is 9.64 Å². The van der Waals surface area contributed by atoms with E-state index in [1.807, 2.05) is 12.1 Å². The second-order valence-electron chi connectivity index (χ2n) is 4.83. The van der Waals surface area contributed by atoms with Gasteiger partial charge in [0.1, 0.15) is 4.90 Å². The molecule has 0 N–H and O–H groups in total. The van der Waals surface area contributed by atoms with Crippen molar-refractivity contribution in [3.8, 4) is 0 Å². The van der Waals surface area contributed by atoms with E-state index in [0.29, 0.717) is 24.7 Å². The molecule has 0 amide bonds. The number of rotatable bonds is 4. The Bertz CT molecular complexity index is 562. The lowest BCUT2D eigenvalue weighted by molar-refractivity contribution is 0.100. The van der Waals surface area contributed by atoms with E-state index in [0.717, 1.165) is 11.0 Å². The number of sulfonamides is 1. The van der Waals surface area contributed by atoms with Crippen molar-refractivity contribution in [3.63, 3.8) is 0 Å². The van der Waals surface area contributed by atoms with Crippen molar-refractivity contribution in [1.82, 2.24) is 4.31 Å². The van der Waals surface area contributed by atoms with Gasteiger partial charge in [0, 0.05) is 26.0 Å². The van der Waals surface area contributed by atoms with Gasteiger partial charge >= 0.3 is 0 Å². The van der Waals surface area contributed by atoms with Gasteiger partial charge in [-0.15, -0.1) is 0 Å². The maximum atomic E-state index is 12.4. The summed E-state index contributed by atoms with van der Waals surface area (Å²) in [5.41, 5.74) is 0.744. The molecule has 5 nitrogen and oxygen atoms in total. The molecule has 1 fully saturated rings. The lowest BCUT2D eigenvalue weighted by Crippen LogP contribution is -2.47. The normalized spacial score (nSPS) is 20.4. The fourth-order valence-corrected chi connectivity index (χ4v) is 3.84. The average Bonchev–Trinajstić information content (AvgIpc) is 2.47. The standard InChI is InChI=1S/C13H19BrN2O3S/c1-15(2)20(17,18)13-6-4-3-5-12(13)16-7-8-19-10-11(16)9-14/h3-6,11H,7-10H2,1-2H3. The minimum absolute atomic E-state index is 0.141. The summed E-state index contributed by atoms with van der Waals surface area (Å²) in [7, 11) is -0.355. The number of anilines is 1. The number of hydrogen-bond acceptors (Lipinski definition) is 4. The fourth-order valence-electron chi connectivity index (χ4n) is 2.21. The molecule has 112 valence electrons. The first-order valence-corrected chi connectivity index (χ1v) is 8.96. The summed E-state index contributed by atoms with van der Waals surface area (Å²) >= 11 is 3.47. The summed E-state index contributed by atoms with van der Waals surface area (Å²) in [6, 6.07) is 7.28. The summed E-state index contributed by atoms with van der Waals surface area (Å²) in [6.07, 6.45) is 0. The predicted molar refractivity (Wildman–Crippen MR) is 83.1 cm³/mol. The molecular formula is C13H19BrN2O3S. The lowest BCUT2D eigenvalue weighted by atomic mass is 10.2. The van der Waals surface area contributed by atoms with E-state index < -0.39 is 10.0 Å². The number of para-hydroxylation sites is 1. The highest BCUT2D eigenvalue weighted by Gasteiger charge is 2.28. The van der Waals surface area contributed by atoms with Gasteiger partial charge in [0.25, 0.3) is 0 Å². The molecule has 1 unspecified atom stereocenters. The Balaban J connectivity index is 2.47. The summed E-state index contributed by atoms with van der Waals surface area (Å²) < 4.78 is 31.6. The molecule has 1 aromatic rings. The topological polar surface area (TPSA) is 49.9 Å². The molecule has 1 aliphatic rings. The number of morpholine rings is 1. The molecule has 0 radical (unpaired) electrons. The van der Waals surface area contributed by atoms with Crippen molar-refractivity contribution in [2.24, 2.45) is 0 Å². The summed E-state index contributed by atoms with van der Waals surface area (Å²) in [5.74, 6) is 0. The first-order valence-electron chi connectivity index (χ1n) is 6.40. The van der Waals surface area contributed by atoms with Crippen molar-refractivity contribution in [2.45, 2.75) is 10.9 Å². The second-order valence-corrected chi connectivity index (χ2v) is 7.60. The van der Waals surface area contributed by atoms with E-state index in [4.69, 9.17) is 4.74 Å². The summed E-state index contributed by atoms with van der Waals surface area (Å²) in [6.45, 7) is 1.90. The molecule has 7 heteroatoms. The van der Waals surface area contributed by atoms with Crippen LogP contribution in [0.2, 0.25) is 0 Å². The Labute approximate surface area is 128 Å². The van der Waals surface area contributed by atoms with Gasteiger partial charge in [-0.2, -0.15) is 0 Å². The molecule has 0 bridgehead atoms. The molecule has 0 aromatic heterocycles. The quantitative estimate of drug-likeness (QED) is 0.762. The van der Waals surface area contributed by atoms with Crippen LogP contribution in [-0.2, 0) is 14.8 Å². The Hall–Kier alpha value is -0.630. The third kappa shape index (κ3) is 3.00.